The first kappa shape index (κ1) is 13.1. The van der Waals surface area contributed by atoms with Gasteiger partial charge < -0.3 is 10.6 Å². The molecule has 8 heteroatoms. The van der Waals surface area contributed by atoms with Gasteiger partial charge in [-0.3, -0.25) is 0 Å². The summed E-state index contributed by atoms with van der Waals surface area (Å²) in [6.07, 6.45) is 0. The number of hydrogen-bond acceptors (Lipinski definition) is 3. The summed E-state index contributed by atoms with van der Waals surface area (Å²) in [6.45, 7) is 0.574. The monoisotopic (exact) mass is 289 g/mol. The first-order chi connectivity index (χ1) is 8.38. The summed E-state index contributed by atoms with van der Waals surface area (Å²) in [5.74, 6) is 0. The molecule has 0 aliphatic carbocycles. The second-order valence-corrected chi connectivity index (χ2v) is 6.17. The van der Waals surface area contributed by atoms with E-state index in [0.717, 1.165) is 0 Å². The normalized spacial score (nSPS) is 16.4. The standard InChI is InChI=1S/C10H12ClN3O3S/c11-7-2-1-3-9(4-7)18(16,17)13-8-5-14(6-8)10(12)15/h1-4,8,13H,5-6H2,(H2,12,15). The Bertz CT molecular complexity index is 569. The lowest BCUT2D eigenvalue weighted by atomic mass is 10.1. The Morgan fingerprint density at radius 3 is 2.67 bits per heavy atom. The van der Waals surface area contributed by atoms with Gasteiger partial charge in [0.05, 0.1) is 10.9 Å². The zero-order chi connectivity index (χ0) is 13.3. The molecule has 2 amide bonds. The van der Waals surface area contributed by atoms with E-state index in [1.165, 1.54) is 17.0 Å². The van der Waals surface area contributed by atoms with Gasteiger partial charge in [-0.25, -0.2) is 17.9 Å². The molecule has 0 spiro atoms. The van der Waals surface area contributed by atoms with E-state index < -0.39 is 16.1 Å². The number of likely N-dealkylation sites (tertiary alicyclic amines) is 1. The number of nitrogens with two attached hydrogens (primary N) is 1. The molecular weight excluding hydrogens is 278 g/mol. The van der Waals surface area contributed by atoms with E-state index in [4.69, 9.17) is 17.3 Å². The lowest BCUT2D eigenvalue weighted by Gasteiger charge is -2.37. The van der Waals surface area contributed by atoms with Crippen molar-refractivity contribution in [3.63, 3.8) is 0 Å². The number of rotatable bonds is 3. The van der Waals surface area contributed by atoms with Crippen molar-refractivity contribution in [3.05, 3.63) is 29.3 Å². The second kappa shape index (κ2) is 4.75. The first-order valence-electron chi connectivity index (χ1n) is 5.21. The van der Waals surface area contributed by atoms with E-state index in [0.29, 0.717) is 5.02 Å². The van der Waals surface area contributed by atoms with Crippen LogP contribution in [-0.2, 0) is 10.0 Å². The minimum absolute atomic E-state index is 0.104. The molecule has 0 radical (unpaired) electrons. The van der Waals surface area contributed by atoms with E-state index in [1.807, 2.05) is 0 Å². The van der Waals surface area contributed by atoms with Crippen molar-refractivity contribution < 1.29 is 13.2 Å². The Labute approximate surface area is 110 Å². The maximum Gasteiger partial charge on any atom is 0.314 e. The molecule has 1 fully saturated rings. The Morgan fingerprint density at radius 2 is 2.11 bits per heavy atom. The number of hydrogen-bond donors (Lipinski definition) is 2. The molecule has 1 heterocycles. The predicted octanol–water partition coefficient (Wildman–Crippen LogP) is 0.381. The highest BCUT2D eigenvalue weighted by Crippen LogP contribution is 2.17. The summed E-state index contributed by atoms with van der Waals surface area (Å²) in [6, 6.07) is 5.13. The summed E-state index contributed by atoms with van der Waals surface area (Å²) < 4.78 is 26.4. The molecule has 0 bridgehead atoms. The van der Waals surface area contributed by atoms with Gasteiger partial charge in [-0.2, -0.15) is 0 Å². The fraction of sp³-hybridized carbons (Fsp3) is 0.300. The number of benzene rings is 1. The van der Waals surface area contributed by atoms with Crippen molar-refractivity contribution >= 4 is 27.7 Å². The summed E-state index contributed by atoms with van der Waals surface area (Å²) in [7, 11) is -3.61. The van der Waals surface area contributed by atoms with Crippen molar-refractivity contribution in [2.75, 3.05) is 13.1 Å². The number of carbonyl (C=O) groups excluding carboxylic acids is 1. The van der Waals surface area contributed by atoms with Crippen LogP contribution in [0.4, 0.5) is 4.79 Å². The number of sulfonamides is 1. The van der Waals surface area contributed by atoms with Gasteiger partial charge in [-0.1, -0.05) is 17.7 Å². The molecule has 18 heavy (non-hydrogen) atoms. The average molecular weight is 290 g/mol. The molecule has 1 aliphatic heterocycles. The van der Waals surface area contributed by atoms with Crippen molar-refractivity contribution in [2.24, 2.45) is 5.73 Å². The predicted molar refractivity (Wildman–Crippen MR) is 66.7 cm³/mol. The number of nitrogens with one attached hydrogen (secondary N) is 1. The molecule has 2 rings (SSSR count). The molecule has 0 atom stereocenters. The molecule has 1 saturated heterocycles. The van der Waals surface area contributed by atoms with Crippen LogP contribution in [0.1, 0.15) is 0 Å². The summed E-state index contributed by atoms with van der Waals surface area (Å²) in [5, 5.41) is 0.352. The molecular formula is C10H12ClN3O3S. The number of carbonyl (C=O) groups is 1. The van der Waals surface area contributed by atoms with Gasteiger partial charge in [0.1, 0.15) is 0 Å². The highest BCUT2D eigenvalue weighted by atomic mass is 35.5. The van der Waals surface area contributed by atoms with E-state index in [9.17, 15) is 13.2 Å². The molecule has 6 nitrogen and oxygen atoms in total. The van der Waals surface area contributed by atoms with Crippen molar-refractivity contribution in [1.29, 1.82) is 0 Å². The fourth-order valence-electron chi connectivity index (χ4n) is 1.65. The van der Waals surface area contributed by atoms with Gasteiger partial charge in [-0.15, -0.1) is 0 Å². The molecule has 0 unspecified atom stereocenters. The van der Waals surface area contributed by atoms with Gasteiger partial charge >= 0.3 is 6.03 Å². The summed E-state index contributed by atoms with van der Waals surface area (Å²) >= 11 is 5.74. The van der Waals surface area contributed by atoms with E-state index in [1.54, 1.807) is 12.1 Å². The third-order valence-electron chi connectivity index (χ3n) is 2.62. The number of amides is 2. The van der Waals surface area contributed by atoms with E-state index >= 15 is 0 Å². The molecule has 1 aromatic rings. The number of nitrogens with zero attached hydrogens (tertiary/aromatic N) is 1. The Kier molecular flexibility index (Phi) is 3.47. The third-order valence-corrected chi connectivity index (χ3v) is 4.37. The Balaban J connectivity index is 2.03. The third kappa shape index (κ3) is 2.74. The highest BCUT2D eigenvalue weighted by molar-refractivity contribution is 7.89. The smallest absolute Gasteiger partial charge is 0.314 e. The van der Waals surface area contributed by atoms with E-state index in [-0.39, 0.29) is 24.0 Å². The SMILES string of the molecule is NC(=O)N1CC(NS(=O)(=O)c2cccc(Cl)c2)C1. The van der Waals surface area contributed by atoms with Gasteiger partial charge in [-0.05, 0) is 18.2 Å². The minimum atomic E-state index is -3.61. The zero-order valence-corrected chi connectivity index (χ0v) is 10.9. The zero-order valence-electron chi connectivity index (χ0n) is 9.34. The van der Waals surface area contributed by atoms with Gasteiger partial charge in [0.25, 0.3) is 0 Å². The van der Waals surface area contributed by atoms with Crippen molar-refractivity contribution in [2.45, 2.75) is 10.9 Å². The minimum Gasteiger partial charge on any atom is -0.351 e. The van der Waals surface area contributed by atoms with Crippen LogP contribution in [-0.4, -0.2) is 38.5 Å². The topological polar surface area (TPSA) is 92.5 Å². The van der Waals surface area contributed by atoms with E-state index in [2.05, 4.69) is 4.72 Å². The lowest BCUT2D eigenvalue weighted by molar-refractivity contribution is 0.155. The summed E-state index contributed by atoms with van der Waals surface area (Å²) in [4.78, 5) is 12.2. The molecule has 0 saturated carbocycles. The van der Waals surface area contributed by atoms with Crippen molar-refractivity contribution in [1.82, 2.24) is 9.62 Å². The Morgan fingerprint density at radius 1 is 1.44 bits per heavy atom. The highest BCUT2D eigenvalue weighted by Gasteiger charge is 2.32. The van der Waals surface area contributed by atoms with Crippen molar-refractivity contribution in [3.8, 4) is 0 Å². The van der Waals surface area contributed by atoms with Crippen LogP contribution in [0, 0.1) is 0 Å². The summed E-state index contributed by atoms with van der Waals surface area (Å²) in [5.41, 5.74) is 5.05. The Hall–Kier alpha value is -1.31. The lowest BCUT2D eigenvalue weighted by Crippen LogP contribution is -2.62. The van der Waals surface area contributed by atoms with Crippen LogP contribution in [0.3, 0.4) is 0 Å². The van der Waals surface area contributed by atoms with Crippen LogP contribution in [0.5, 0.6) is 0 Å². The molecule has 98 valence electrons. The van der Waals surface area contributed by atoms with Gasteiger partial charge in [0.2, 0.25) is 10.0 Å². The molecule has 0 aromatic heterocycles. The molecule has 1 aliphatic rings. The maximum atomic E-state index is 12.0. The maximum absolute atomic E-state index is 12.0. The largest absolute Gasteiger partial charge is 0.351 e. The average Bonchev–Trinajstić information content (AvgIpc) is 2.22. The fourth-order valence-corrected chi connectivity index (χ4v) is 3.17. The number of halogens is 1. The van der Waals surface area contributed by atoms with Crippen LogP contribution in [0.15, 0.2) is 29.2 Å². The first-order valence-corrected chi connectivity index (χ1v) is 7.07. The van der Waals surface area contributed by atoms with Gasteiger partial charge in [0.15, 0.2) is 0 Å². The van der Waals surface area contributed by atoms with Crippen LogP contribution in [0.2, 0.25) is 5.02 Å². The number of primary amides is 1. The van der Waals surface area contributed by atoms with Crippen LogP contribution >= 0.6 is 11.6 Å². The molecule has 3 N–H and O–H groups in total. The van der Waals surface area contributed by atoms with Crippen LogP contribution in [0.25, 0.3) is 0 Å². The second-order valence-electron chi connectivity index (χ2n) is 4.02. The molecule has 1 aromatic carbocycles. The van der Waals surface area contributed by atoms with Gasteiger partial charge in [0, 0.05) is 18.1 Å². The van der Waals surface area contributed by atoms with Crippen LogP contribution < -0.4 is 10.5 Å². The number of urea groups is 1. The quantitative estimate of drug-likeness (QED) is 0.842.